The fourth-order valence-corrected chi connectivity index (χ4v) is 4.10. The highest BCUT2D eigenvalue weighted by Crippen LogP contribution is 2.38. The molecule has 0 aliphatic rings. The number of nitrogens with one attached hydrogen (secondary N) is 1. The minimum atomic E-state index is -0.473. The van der Waals surface area contributed by atoms with Crippen molar-refractivity contribution < 1.29 is 14.3 Å². The number of nitrogens with zero attached hydrogens (tertiary/aromatic N) is 1. The number of ether oxygens (including phenoxy) is 2. The van der Waals surface area contributed by atoms with Gasteiger partial charge in [-0.05, 0) is 82.4 Å². The van der Waals surface area contributed by atoms with E-state index in [1.54, 1.807) is 18.2 Å². The zero-order chi connectivity index (χ0) is 24.5. The molecule has 0 atom stereocenters. The van der Waals surface area contributed by atoms with E-state index in [0.717, 1.165) is 17.5 Å². The molecule has 0 radical (unpaired) electrons. The van der Waals surface area contributed by atoms with E-state index >= 15 is 0 Å². The molecule has 0 bridgehead atoms. The van der Waals surface area contributed by atoms with Crippen molar-refractivity contribution in [1.29, 1.82) is 5.26 Å². The number of para-hydroxylation sites is 1. The maximum Gasteiger partial charge on any atom is 0.266 e. The van der Waals surface area contributed by atoms with E-state index in [1.165, 1.54) is 6.08 Å². The van der Waals surface area contributed by atoms with Crippen LogP contribution in [0.4, 0.5) is 5.69 Å². The fourth-order valence-electron chi connectivity index (χ4n) is 3.31. The molecule has 0 saturated heterocycles. The van der Waals surface area contributed by atoms with E-state index in [0.29, 0.717) is 45.5 Å². The highest BCUT2D eigenvalue weighted by Gasteiger charge is 2.15. The van der Waals surface area contributed by atoms with Gasteiger partial charge in [-0.1, -0.05) is 48.9 Å². The maximum absolute atomic E-state index is 12.8. The van der Waals surface area contributed by atoms with Gasteiger partial charge in [-0.15, -0.1) is 0 Å². The van der Waals surface area contributed by atoms with Crippen LogP contribution in [0, 0.1) is 11.3 Å². The first-order valence-electron chi connectivity index (χ1n) is 10.8. The minimum Gasteiger partial charge on any atom is -0.490 e. The van der Waals surface area contributed by atoms with Gasteiger partial charge in [0.1, 0.15) is 18.2 Å². The zero-order valence-corrected chi connectivity index (χ0v) is 21.2. The lowest BCUT2D eigenvalue weighted by Gasteiger charge is -2.15. The summed E-state index contributed by atoms with van der Waals surface area (Å²) in [6.07, 6.45) is 2.29. The summed E-state index contributed by atoms with van der Waals surface area (Å²) in [5.41, 5.74) is 3.21. The fraction of sp³-hybridized carbons (Fsp3) is 0.185. The molecule has 0 aliphatic carbocycles. The molecule has 0 saturated carbocycles. The average Bonchev–Trinajstić information content (AvgIpc) is 2.82. The third-order valence-electron chi connectivity index (χ3n) is 4.93. The Kier molecular flexibility index (Phi) is 9.15. The van der Waals surface area contributed by atoms with Gasteiger partial charge >= 0.3 is 0 Å². The Bertz CT molecular complexity index is 1250. The van der Waals surface area contributed by atoms with E-state index < -0.39 is 5.91 Å². The number of rotatable bonds is 9. The molecule has 1 N–H and O–H groups in total. The highest BCUT2D eigenvalue weighted by molar-refractivity contribution is 9.10. The van der Waals surface area contributed by atoms with Crippen LogP contribution in [-0.2, 0) is 17.8 Å². The molecular formula is C27H24BrClN2O3. The van der Waals surface area contributed by atoms with Crippen molar-refractivity contribution in [3.8, 4) is 17.6 Å². The number of amides is 1. The number of anilines is 1. The number of halogens is 2. The van der Waals surface area contributed by atoms with Gasteiger partial charge in [0.25, 0.3) is 5.91 Å². The maximum atomic E-state index is 12.8. The highest BCUT2D eigenvalue weighted by atomic mass is 79.9. The van der Waals surface area contributed by atoms with Gasteiger partial charge in [-0.2, -0.15) is 5.26 Å². The summed E-state index contributed by atoms with van der Waals surface area (Å²) in [6, 6.07) is 20.5. The molecule has 1 amide bonds. The van der Waals surface area contributed by atoms with Crippen LogP contribution >= 0.6 is 27.5 Å². The number of aryl methyl sites for hydroxylation is 1. The normalized spacial score (nSPS) is 11.0. The Hall–Kier alpha value is -3.27. The number of nitriles is 1. The first-order valence-corrected chi connectivity index (χ1v) is 12.0. The van der Waals surface area contributed by atoms with Crippen LogP contribution in [0.5, 0.6) is 11.5 Å². The molecule has 0 aromatic heterocycles. The standard InChI is InChI=1S/C27H24BrClN2O3/c1-3-20-9-5-6-11-24(20)31-27(32)21(16-30)12-19-14-23(28)26(25(15-19)33-4-2)34-17-18-8-7-10-22(29)13-18/h5-15H,3-4,17H2,1-2H3,(H,31,32)/b21-12+. The van der Waals surface area contributed by atoms with Crippen molar-refractivity contribution in [2.75, 3.05) is 11.9 Å². The predicted octanol–water partition coefficient (Wildman–Crippen LogP) is 7.19. The first kappa shape index (κ1) is 25.4. The van der Waals surface area contributed by atoms with Crippen LogP contribution in [0.15, 0.2) is 70.7 Å². The van der Waals surface area contributed by atoms with Crippen LogP contribution in [0.25, 0.3) is 6.08 Å². The van der Waals surface area contributed by atoms with Crippen LogP contribution in [0.2, 0.25) is 5.02 Å². The van der Waals surface area contributed by atoms with Crippen LogP contribution in [0.3, 0.4) is 0 Å². The van der Waals surface area contributed by atoms with Gasteiger partial charge < -0.3 is 14.8 Å². The van der Waals surface area contributed by atoms with E-state index in [2.05, 4.69) is 21.2 Å². The van der Waals surface area contributed by atoms with E-state index in [-0.39, 0.29) is 5.57 Å². The number of benzene rings is 3. The summed E-state index contributed by atoms with van der Waals surface area (Å²) in [7, 11) is 0. The van der Waals surface area contributed by atoms with Crippen LogP contribution < -0.4 is 14.8 Å². The molecule has 0 unspecified atom stereocenters. The number of hydrogen-bond donors (Lipinski definition) is 1. The van der Waals surface area contributed by atoms with Gasteiger partial charge in [0, 0.05) is 10.7 Å². The lowest BCUT2D eigenvalue weighted by Crippen LogP contribution is -2.14. The smallest absolute Gasteiger partial charge is 0.266 e. The van der Waals surface area contributed by atoms with Crippen molar-refractivity contribution in [2.24, 2.45) is 0 Å². The minimum absolute atomic E-state index is 0.0205. The molecule has 0 spiro atoms. The number of carbonyl (C=O) groups is 1. The zero-order valence-electron chi connectivity index (χ0n) is 18.9. The van der Waals surface area contributed by atoms with E-state index in [9.17, 15) is 10.1 Å². The summed E-state index contributed by atoms with van der Waals surface area (Å²) < 4.78 is 12.4. The largest absolute Gasteiger partial charge is 0.490 e. The molecule has 34 heavy (non-hydrogen) atoms. The average molecular weight is 540 g/mol. The Morgan fingerprint density at radius 2 is 1.91 bits per heavy atom. The van der Waals surface area contributed by atoms with Crippen molar-refractivity contribution in [1.82, 2.24) is 0 Å². The lowest BCUT2D eigenvalue weighted by atomic mass is 10.1. The topological polar surface area (TPSA) is 71.3 Å². The predicted molar refractivity (Wildman–Crippen MR) is 139 cm³/mol. The molecule has 3 rings (SSSR count). The number of hydrogen-bond acceptors (Lipinski definition) is 4. The van der Waals surface area contributed by atoms with Gasteiger partial charge in [0.2, 0.25) is 0 Å². The molecule has 0 aliphatic heterocycles. The second kappa shape index (κ2) is 12.3. The van der Waals surface area contributed by atoms with Gasteiger partial charge in [-0.25, -0.2) is 0 Å². The quantitative estimate of drug-likeness (QED) is 0.231. The summed E-state index contributed by atoms with van der Waals surface area (Å²) in [5, 5.41) is 13.1. The SMILES string of the molecule is CCOc1cc(/C=C(\C#N)C(=O)Nc2ccccc2CC)cc(Br)c1OCc1cccc(Cl)c1. The molecule has 174 valence electrons. The van der Waals surface area contributed by atoms with Gasteiger partial charge in [0.05, 0.1) is 11.1 Å². The molecule has 3 aromatic rings. The molecule has 5 nitrogen and oxygen atoms in total. The third-order valence-corrected chi connectivity index (χ3v) is 5.75. The van der Waals surface area contributed by atoms with E-state index in [4.69, 9.17) is 21.1 Å². The summed E-state index contributed by atoms with van der Waals surface area (Å²) in [5.74, 6) is 0.553. The van der Waals surface area contributed by atoms with Gasteiger partial charge in [-0.3, -0.25) is 4.79 Å². The Balaban J connectivity index is 1.86. The molecule has 0 heterocycles. The second-order valence-electron chi connectivity index (χ2n) is 7.32. The van der Waals surface area contributed by atoms with E-state index in [1.807, 2.05) is 62.4 Å². The van der Waals surface area contributed by atoms with Crippen LogP contribution in [-0.4, -0.2) is 12.5 Å². The van der Waals surface area contributed by atoms with Gasteiger partial charge in [0.15, 0.2) is 11.5 Å². The summed E-state index contributed by atoms with van der Waals surface area (Å²) in [4.78, 5) is 12.8. The Morgan fingerprint density at radius 3 is 2.62 bits per heavy atom. The molecule has 0 fully saturated rings. The Morgan fingerprint density at radius 1 is 1.12 bits per heavy atom. The van der Waals surface area contributed by atoms with Crippen molar-refractivity contribution in [3.63, 3.8) is 0 Å². The van der Waals surface area contributed by atoms with Crippen molar-refractivity contribution >= 4 is 45.2 Å². The molecule has 3 aromatic carbocycles. The Labute approximate surface area is 213 Å². The summed E-state index contributed by atoms with van der Waals surface area (Å²) >= 11 is 9.59. The first-order chi connectivity index (χ1) is 16.4. The lowest BCUT2D eigenvalue weighted by molar-refractivity contribution is -0.112. The van der Waals surface area contributed by atoms with Crippen molar-refractivity contribution in [3.05, 3.63) is 92.4 Å². The molecule has 7 heteroatoms. The monoisotopic (exact) mass is 538 g/mol. The summed E-state index contributed by atoms with van der Waals surface area (Å²) in [6.45, 7) is 4.61. The van der Waals surface area contributed by atoms with Crippen LogP contribution in [0.1, 0.15) is 30.5 Å². The molecular weight excluding hydrogens is 516 g/mol. The van der Waals surface area contributed by atoms with Crippen molar-refractivity contribution in [2.45, 2.75) is 26.9 Å². The second-order valence-corrected chi connectivity index (χ2v) is 8.61. The number of carbonyl (C=O) groups excluding carboxylic acids is 1. The third kappa shape index (κ3) is 6.63.